The zero-order chi connectivity index (χ0) is 19.8. The van der Waals surface area contributed by atoms with Crippen LogP contribution in [0.3, 0.4) is 0 Å². The first-order valence-electron chi connectivity index (χ1n) is 8.58. The van der Waals surface area contributed by atoms with Crippen LogP contribution in [0.15, 0.2) is 10.9 Å². The van der Waals surface area contributed by atoms with Crippen LogP contribution < -0.4 is 10.7 Å². The number of aromatic nitrogens is 1. The Morgan fingerprint density at radius 3 is 2.35 bits per heavy atom. The van der Waals surface area contributed by atoms with Crippen molar-refractivity contribution >= 4 is 22.9 Å². The Kier molecular flexibility index (Phi) is 5.49. The van der Waals surface area contributed by atoms with Gasteiger partial charge in [0, 0.05) is 5.56 Å². The van der Waals surface area contributed by atoms with Crippen LogP contribution in [0.2, 0.25) is 0 Å². The van der Waals surface area contributed by atoms with Crippen molar-refractivity contribution in [3.63, 3.8) is 0 Å². The summed E-state index contributed by atoms with van der Waals surface area (Å²) in [5.41, 5.74) is 9.62. The number of carbonyl (C=O) groups is 3. The van der Waals surface area contributed by atoms with Crippen molar-refractivity contribution in [3.8, 4) is 0 Å². The molecule has 26 heavy (non-hydrogen) atoms. The number of fused-ring (bicyclic) bond motifs is 1. The van der Waals surface area contributed by atoms with E-state index in [9.17, 15) is 19.2 Å². The van der Waals surface area contributed by atoms with Gasteiger partial charge in [-0.25, -0.2) is 0 Å². The normalized spacial score (nSPS) is 18.9. The van der Waals surface area contributed by atoms with E-state index in [1.165, 1.54) is 0 Å². The highest BCUT2D eigenvalue weighted by Gasteiger charge is 2.45. The molecule has 0 aliphatic heterocycles. The van der Waals surface area contributed by atoms with Gasteiger partial charge in [0.05, 0.1) is 5.56 Å². The van der Waals surface area contributed by atoms with E-state index in [1.54, 1.807) is 19.0 Å². The van der Waals surface area contributed by atoms with Gasteiger partial charge in [0.25, 0.3) is 23.2 Å². The number of ketones is 3. The topological polar surface area (TPSA) is 120 Å². The van der Waals surface area contributed by atoms with Crippen LogP contribution in [0.25, 0.3) is 11.1 Å². The Morgan fingerprint density at radius 2 is 1.81 bits per heavy atom. The molecule has 2 atom stereocenters. The molecule has 1 aliphatic carbocycles. The van der Waals surface area contributed by atoms with Crippen LogP contribution in [-0.4, -0.2) is 28.4 Å². The predicted molar refractivity (Wildman–Crippen MR) is 95.8 cm³/mol. The Morgan fingerprint density at radius 1 is 1.19 bits per heavy atom. The monoisotopic (exact) mass is 357 g/mol. The van der Waals surface area contributed by atoms with Gasteiger partial charge in [-0.1, -0.05) is 26.8 Å². The van der Waals surface area contributed by atoms with Crippen LogP contribution in [-0.2, 0) is 4.79 Å². The molecule has 0 spiro atoms. The summed E-state index contributed by atoms with van der Waals surface area (Å²) in [7, 11) is 0. The number of carbonyl (C=O) groups excluding carboxylic acids is 3. The molecule has 138 valence electrons. The van der Waals surface area contributed by atoms with Crippen molar-refractivity contribution in [3.05, 3.63) is 44.3 Å². The smallest absolute Gasteiger partial charge is 0.279 e. The van der Waals surface area contributed by atoms with E-state index in [0.717, 1.165) is 6.42 Å². The van der Waals surface area contributed by atoms with Gasteiger partial charge in [-0.15, -0.1) is 0 Å². The molecule has 7 nitrogen and oxygen atoms in total. The number of rotatable bonds is 5. The molecule has 2 rings (SSSR count). The lowest BCUT2D eigenvalue weighted by Crippen LogP contribution is -2.79. The van der Waals surface area contributed by atoms with Gasteiger partial charge in [0.1, 0.15) is 5.69 Å². The zero-order valence-corrected chi connectivity index (χ0v) is 15.6. The minimum absolute atomic E-state index is 0.0243. The fourth-order valence-electron chi connectivity index (χ4n) is 3.56. The standard InChI is InChI=1S/C19H23N3O4/c1-8(2)6-9(3)7-10(4)12-11(5)19(26)21-14-13(12)16(23)15(22-20)18(25)17(14)24/h7-9,15,22H,6H2,1-5H3,(H,21,26)/b10-7+/t9-,15?/m1/s1. The third-order valence-electron chi connectivity index (χ3n) is 4.58. The number of Topliss-reactive ketones (excluding diaryl/α,β-unsaturated/α-hetero) is 3. The molecule has 0 fully saturated rings. The molecule has 0 radical (unpaired) electrons. The van der Waals surface area contributed by atoms with Gasteiger partial charge in [-0.05, 0) is 43.2 Å². The van der Waals surface area contributed by atoms with E-state index in [4.69, 9.17) is 5.53 Å². The summed E-state index contributed by atoms with van der Waals surface area (Å²) in [6.45, 7) is 9.58. The molecule has 0 saturated heterocycles. The molecule has 1 aromatic rings. The second kappa shape index (κ2) is 7.27. The summed E-state index contributed by atoms with van der Waals surface area (Å²) in [5.74, 6) is -2.14. The SMILES string of the molecule is C/C(=C\[C@H](C)CC(C)C)c1c2c([nH]c(=O)c1C)C(=O)C(=O)C([NH+]=[N-])C2=O. The van der Waals surface area contributed by atoms with E-state index in [-0.39, 0.29) is 17.2 Å². The first-order valence-corrected chi connectivity index (χ1v) is 8.58. The van der Waals surface area contributed by atoms with Gasteiger partial charge >= 0.3 is 0 Å². The van der Waals surface area contributed by atoms with E-state index >= 15 is 0 Å². The molecular formula is C19H23N3O4. The molecule has 1 aliphatic rings. The molecule has 0 bridgehead atoms. The summed E-state index contributed by atoms with van der Waals surface area (Å²) >= 11 is 0. The van der Waals surface area contributed by atoms with Gasteiger partial charge < -0.3 is 15.6 Å². The number of pyridine rings is 1. The van der Waals surface area contributed by atoms with Crippen LogP contribution in [0.4, 0.5) is 0 Å². The lowest BCUT2D eigenvalue weighted by atomic mass is 9.82. The fourth-order valence-corrected chi connectivity index (χ4v) is 3.56. The fraction of sp³-hybridized carbons (Fsp3) is 0.474. The highest BCUT2D eigenvalue weighted by Crippen LogP contribution is 2.29. The summed E-state index contributed by atoms with van der Waals surface area (Å²) < 4.78 is 0. The molecule has 2 N–H and O–H groups in total. The quantitative estimate of drug-likeness (QED) is 0.467. The number of aromatic amines is 1. The maximum absolute atomic E-state index is 12.7. The van der Waals surface area contributed by atoms with Crippen molar-refractivity contribution in [2.24, 2.45) is 11.8 Å². The van der Waals surface area contributed by atoms with Gasteiger partial charge in [-0.2, -0.15) is 0 Å². The minimum atomic E-state index is -1.65. The van der Waals surface area contributed by atoms with Crippen molar-refractivity contribution in [2.75, 3.05) is 0 Å². The number of H-pyrrole nitrogens is 1. The van der Waals surface area contributed by atoms with Crippen LogP contribution in [0.5, 0.6) is 0 Å². The van der Waals surface area contributed by atoms with Gasteiger partial charge in [0.2, 0.25) is 5.78 Å². The van der Waals surface area contributed by atoms with E-state index < -0.39 is 29.0 Å². The Labute approximate surface area is 151 Å². The first kappa shape index (κ1) is 19.6. The average Bonchev–Trinajstić information content (AvgIpc) is 2.54. The molecule has 7 heteroatoms. The van der Waals surface area contributed by atoms with Crippen LogP contribution in [0.1, 0.15) is 66.1 Å². The van der Waals surface area contributed by atoms with Crippen molar-refractivity contribution in [1.82, 2.24) is 4.98 Å². The summed E-state index contributed by atoms with van der Waals surface area (Å²) in [6.07, 6.45) is 2.88. The summed E-state index contributed by atoms with van der Waals surface area (Å²) in [6, 6.07) is -1.65. The molecular weight excluding hydrogens is 334 g/mol. The predicted octanol–water partition coefficient (Wildman–Crippen LogP) is 1.19. The molecule has 0 aromatic carbocycles. The molecule has 1 unspecified atom stereocenters. The second-order valence-electron chi connectivity index (χ2n) is 7.28. The zero-order valence-electron chi connectivity index (χ0n) is 15.6. The highest BCUT2D eigenvalue weighted by molar-refractivity contribution is 6.52. The van der Waals surface area contributed by atoms with E-state index in [0.29, 0.717) is 22.6 Å². The Bertz CT molecular complexity index is 893. The van der Waals surface area contributed by atoms with E-state index in [2.05, 4.69) is 18.8 Å². The minimum Gasteiger partial charge on any atom is -0.508 e. The number of hydrogen-bond donors (Lipinski definition) is 2. The van der Waals surface area contributed by atoms with E-state index in [1.807, 2.05) is 13.0 Å². The molecule has 0 amide bonds. The van der Waals surface area contributed by atoms with Crippen molar-refractivity contribution in [1.29, 1.82) is 0 Å². The number of hydrogen-bond acceptors (Lipinski definition) is 4. The van der Waals surface area contributed by atoms with Gasteiger partial charge in [-0.3, -0.25) is 19.2 Å². The Hall–Kier alpha value is -2.70. The lowest BCUT2D eigenvalue weighted by molar-refractivity contribution is -0.491. The largest absolute Gasteiger partial charge is 0.508 e. The Balaban J connectivity index is 2.74. The summed E-state index contributed by atoms with van der Waals surface area (Å²) in [5, 5.41) is 1.61. The highest BCUT2D eigenvalue weighted by atomic mass is 16.2. The maximum atomic E-state index is 12.7. The number of nitrogens with one attached hydrogen (secondary N) is 2. The first-order chi connectivity index (χ1) is 12.1. The molecule has 1 heterocycles. The average molecular weight is 357 g/mol. The lowest BCUT2D eigenvalue weighted by Gasteiger charge is -2.21. The third-order valence-corrected chi connectivity index (χ3v) is 4.58. The molecule has 0 saturated carbocycles. The third kappa shape index (κ3) is 3.34. The summed E-state index contributed by atoms with van der Waals surface area (Å²) in [4.78, 5) is 51.6. The van der Waals surface area contributed by atoms with Crippen LogP contribution >= 0.6 is 0 Å². The van der Waals surface area contributed by atoms with Crippen LogP contribution in [0, 0.1) is 18.8 Å². The molecule has 1 aromatic heterocycles. The van der Waals surface area contributed by atoms with Crippen molar-refractivity contribution < 1.29 is 19.5 Å². The number of nitrogens with zero attached hydrogens (tertiary/aromatic N) is 1. The maximum Gasteiger partial charge on any atom is 0.279 e. The second-order valence-corrected chi connectivity index (χ2v) is 7.28. The number of allylic oxidation sites excluding steroid dienone is 2. The van der Waals surface area contributed by atoms with Crippen molar-refractivity contribution in [2.45, 2.75) is 47.1 Å². The van der Waals surface area contributed by atoms with Gasteiger partial charge in [0.15, 0.2) is 0 Å².